The molecule has 7 nitrogen and oxygen atoms in total. The predicted molar refractivity (Wildman–Crippen MR) is 111 cm³/mol. The predicted octanol–water partition coefficient (Wildman–Crippen LogP) is 2.78. The highest BCUT2D eigenvalue weighted by atomic mass is 19.1. The van der Waals surface area contributed by atoms with Gasteiger partial charge >= 0.3 is 0 Å². The van der Waals surface area contributed by atoms with Crippen LogP contribution in [0.3, 0.4) is 0 Å². The first kappa shape index (κ1) is 19.8. The summed E-state index contributed by atoms with van der Waals surface area (Å²) in [6.07, 6.45) is 1.89. The van der Waals surface area contributed by atoms with Gasteiger partial charge in [0.1, 0.15) is 36.0 Å². The molecule has 30 heavy (non-hydrogen) atoms. The van der Waals surface area contributed by atoms with Crippen LogP contribution in [0.15, 0.2) is 59.8 Å². The minimum atomic E-state index is -0.894. The molecule has 0 aliphatic carbocycles. The zero-order chi connectivity index (χ0) is 21.3. The Morgan fingerprint density at radius 2 is 1.93 bits per heavy atom. The second-order valence-corrected chi connectivity index (χ2v) is 7.21. The van der Waals surface area contributed by atoms with E-state index in [0.29, 0.717) is 22.5 Å². The molecule has 4 aromatic rings. The molecule has 8 heteroatoms. The van der Waals surface area contributed by atoms with E-state index in [9.17, 15) is 14.3 Å². The summed E-state index contributed by atoms with van der Waals surface area (Å²) < 4.78 is 21.7. The van der Waals surface area contributed by atoms with Crippen LogP contribution in [0.2, 0.25) is 0 Å². The standard InChI is InChI=1S/C22H21FN4O3/c1-14-3-4-15(2)20(9-14)30-12-18(28)11-26-13-24-21-19(22(26)29)10-25-27(21)17-7-5-16(23)6-8-17/h3-10,13,18,28H,11-12H2,1-2H3. The molecule has 0 spiro atoms. The van der Waals surface area contributed by atoms with Crippen LogP contribution < -0.4 is 10.3 Å². The number of aliphatic hydroxyl groups is 1. The summed E-state index contributed by atoms with van der Waals surface area (Å²) in [6, 6.07) is 11.6. The topological polar surface area (TPSA) is 82.2 Å². The molecule has 0 amide bonds. The molecule has 0 radical (unpaired) electrons. The van der Waals surface area contributed by atoms with Crippen molar-refractivity contribution in [3.63, 3.8) is 0 Å². The van der Waals surface area contributed by atoms with Crippen molar-refractivity contribution in [1.29, 1.82) is 0 Å². The lowest BCUT2D eigenvalue weighted by Crippen LogP contribution is -2.30. The van der Waals surface area contributed by atoms with Gasteiger partial charge in [0.25, 0.3) is 5.56 Å². The minimum Gasteiger partial charge on any atom is -0.491 e. The van der Waals surface area contributed by atoms with Crippen LogP contribution >= 0.6 is 0 Å². The van der Waals surface area contributed by atoms with Crippen molar-refractivity contribution in [2.75, 3.05) is 6.61 Å². The van der Waals surface area contributed by atoms with E-state index >= 15 is 0 Å². The van der Waals surface area contributed by atoms with Crippen molar-refractivity contribution in [1.82, 2.24) is 19.3 Å². The number of rotatable bonds is 6. The van der Waals surface area contributed by atoms with Crippen LogP contribution in [-0.4, -0.2) is 37.1 Å². The molecule has 0 fully saturated rings. The summed E-state index contributed by atoms with van der Waals surface area (Å²) in [4.78, 5) is 17.1. The van der Waals surface area contributed by atoms with E-state index in [1.165, 1.54) is 33.9 Å². The van der Waals surface area contributed by atoms with Gasteiger partial charge in [-0.15, -0.1) is 0 Å². The molecule has 2 aromatic carbocycles. The molecule has 0 saturated carbocycles. The van der Waals surface area contributed by atoms with Crippen LogP contribution in [0.5, 0.6) is 5.75 Å². The highest BCUT2D eigenvalue weighted by Crippen LogP contribution is 2.19. The van der Waals surface area contributed by atoms with Gasteiger partial charge in [-0.1, -0.05) is 12.1 Å². The number of nitrogens with zero attached hydrogens (tertiary/aromatic N) is 4. The Hall–Kier alpha value is -3.52. The molecule has 2 aromatic heterocycles. The van der Waals surface area contributed by atoms with Crippen LogP contribution in [-0.2, 0) is 6.54 Å². The summed E-state index contributed by atoms with van der Waals surface area (Å²) in [5.74, 6) is 0.345. The fourth-order valence-corrected chi connectivity index (χ4v) is 3.18. The van der Waals surface area contributed by atoms with Gasteiger partial charge < -0.3 is 9.84 Å². The molecular formula is C22H21FN4O3. The molecular weight excluding hydrogens is 387 g/mol. The van der Waals surface area contributed by atoms with Crippen molar-refractivity contribution < 1.29 is 14.2 Å². The average Bonchev–Trinajstić information content (AvgIpc) is 3.16. The first-order chi connectivity index (χ1) is 14.4. The van der Waals surface area contributed by atoms with Gasteiger partial charge in [-0.25, -0.2) is 14.1 Å². The smallest absolute Gasteiger partial charge is 0.264 e. The maximum absolute atomic E-state index is 13.2. The summed E-state index contributed by atoms with van der Waals surface area (Å²) in [6.45, 7) is 3.98. The number of hydrogen-bond donors (Lipinski definition) is 1. The van der Waals surface area contributed by atoms with Crippen molar-refractivity contribution in [3.8, 4) is 11.4 Å². The Balaban J connectivity index is 1.52. The lowest BCUT2D eigenvalue weighted by molar-refractivity contribution is 0.0911. The molecule has 154 valence electrons. The van der Waals surface area contributed by atoms with Crippen LogP contribution in [0, 0.1) is 19.7 Å². The first-order valence-corrected chi connectivity index (χ1v) is 9.49. The Morgan fingerprint density at radius 3 is 2.70 bits per heavy atom. The zero-order valence-electron chi connectivity index (χ0n) is 16.6. The quantitative estimate of drug-likeness (QED) is 0.531. The number of fused-ring (bicyclic) bond motifs is 1. The second-order valence-electron chi connectivity index (χ2n) is 7.21. The van der Waals surface area contributed by atoms with E-state index < -0.39 is 6.10 Å². The molecule has 4 rings (SSSR count). The molecule has 0 saturated heterocycles. The van der Waals surface area contributed by atoms with Gasteiger partial charge in [0, 0.05) is 0 Å². The third kappa shape index (κ3) is 3.95. The lowest BCUT2D eigenvalue weighted by Gasteiger charge is -2.15. The molecule has 2 heterocycles. The van der Waals surface area contributed by atoms with Gasteiger partial charge in [-0.05, 0) is 55.3 Å². The maximum Gasteiger partial charge on any atom is 0.264 e. The zero-order valence-corrected chi connectivity index (χ0v) is 16.6. The number of ether oxygens (including phenoxy) is 1. The minimum absolute atomic E-state index is 0.0361. The summed E-state index contributed by atoms with van der Waals surface area (Å²) >= 11 is 0. The SMILES string of the molecule is Cc1ccc(C)c(OCC(O)Cn2cnc3c(cnn3-c3ccc(F)cc3)c2=O)c1. The van der Waals surface area contributed by atoms with Crippen molar-refractivity contribution in [2.24, 2.45) is 0 Å². The number of aryl methyl sites for hydroxylation is 2. The second kappa shape index (κ2) is 8.08. The van der Waals surface area contributed by atoms with Crippen LogP contribution in [0.25, 0.3) is 16.7 Å². The van der Waals surface area contributed by atoms with E-state index in [2.05, 4.69) is 10.1 Å². The molecule has 1 N–H and O–H groups in total. The van der Waals surface area contributed by atoms with Crippen molar-refractivity contribution in [3.05, 3.63) is 82.3 Å². The lowest BCUT2D eigenvalue weighted by atomic mass is 10.1. The van der Waals surface area contributed by atoms with E-state index in [-0.39, 0.29) is 24.5 Å². The Kier molecular flexibility index (Phi) is 5.33. The van der Waals surface area contributed by atoms with Gasteiger partial charge in [0.05, 0.1) is 18.4 Å². The maximum atomic E-state index is 13.2. The fourth-order valence-electron chi connectivity index (χ4n) is 3.18. The van der Waals surface area contributed by atoms with Crippen molar-refractivity contribution >= 4 is 11.0 Å². The average molecular weight is 408 g/mol. The molecule has 0 aliphatic heterocycles. The Morgan fingerprint density at radius 1 is 1.17 bits per heavy atom. The summed E-state index contributed by atoms with van der Waals surface area (Å²) in [5.41, 5.74) is 2.68. The Labute approximate surface area is 172 Å². The largest absolute Gasteiger partial charge is 0.491 e. The summed E-state index contributed by atoms with van der Waals surface area (Å²) in [7, 11) is 0. The number of halogens is 1. The number of benzene rings is 2. The third-order valence-corrected chi connectivity index (χ3v) is 4.81. The molecule has 1 atom stereocenters. The first-order valence-electron chi connectivity index (χ1n) is 9.49. The number of aromatic nitrogens is 4. The monoisotopic (exact) mass is 408 g/mol. The van der Waals surface area contributed by atoms with Crippen molar-refractivity contribution in [2.45, 2.75) is 26.5 Å². The van der Waals surface area contributed by atoms with E-state index in [0.717, 1.165) is 11.1 Å². The Bertz CT molecular complexity index is 1250. The number of hydrogen-bond acceptors (Lipinski definition) is 5. The van der Waals surface area contributed by atoms with Gasteiger partial charge in [0.2, 0.25) is 0 Å². The molecule has 0 aliphatic rings. The molecule has 0 bridgehead atoms. The van der Waals surface area contributed by atoms with Crippen LogP contribution in [0.1, 0.15) is 11.1 Å². The third-order valence-electron chi connectivity index (χ3n) is 4.81. The highest BCUT2D eigenvalue weighted by molar-refractivity contribution is 5.74. The molecule has 1 unspecified atom stereocenters. The van der Waals surface area contributed by atoms with Gasteiger partial charge in [-0.2, -0.15) is 5.10 Å². The van der Waals surface area contributed by atoms with E-state index in [1.54, 1.807) is 12.1 Å². The van der Waals surface area contributed by atoms with Crippen LogP contribution in [0.4, 0.5) is 4.39 Å². The van der Waals surface area contributed by atoms with Gasteiger partial charge in [0.15, 0.2) is 5.65 Å². The van der Waals surface area contributed by atoms with Gasteiger partial charge in [-0.3, -0.25) is 9.36 Å². The van der Waals surface area contributed by atoms with E-state index in [4.69, 9.17) is 4.74 Å². The fraction of sp³-hybridized carbons (Fsp3) is 0.227. The highest BCUT2D eigenvalue weighted by Gasteiger charge is 2.14. The van der Waals surface area contributed by atoms with E-state index in [1.807, 2.05) is 32.0 Å². The number of aliphatic hydroxyl groups excluding tert-OH is 1. The normalized spacial score (nSPS) is 12.3. The summed E-state index contributed by atoms with van der Waals surface area (Å²) in [5, 5.41) is 14.9.